The Morgan fingerprint density at radius 3 is 2.33 bits per heavy atom. The van der Waals surface area contributed by atoms with Gasteiger partial charge in [0.05, 0.1) is 5.57 Å². The van der Waals surface area contributed by atoms with Crippen LogP contribution in [0.4, 0.5) is 0 Å². The summed E-state index contributed by atoms with van der Waals surface area (Å²) < 4.78 is 0. The molecule has 94 valence electrons. The second-order valence-corrected chi connectivity index (χ2v) is 4.30. The SMILES string of the molecule is N[C@]1(C(=O)O)C(C(=O)O)=CC[C@@H]1c1ccccc1. The average molecular weight is 247 g/mol. The minimum atomic E-state index is -1.87. The molecule has 0 unspecified atom stereocenters. The van der Waals surface area contributed by atoms with E-state index in [2.05, 4.69) is 0 Å². The third-order valence-corrected chi connectivity index (χ3v) is 3.34. The number of carboxylic acid groups (broad SMARTS) is 2. The van der Waals surface area contributed by atoms with E-state index in [0.717, 1.165) is 5.56 Å². The molecule has 0 aliphatic heterocycles. The molecule has 18 heavy (non-hydrogen) atoms. The molecular formula is C13H13NO4. The van der Waals surface area contributed by atoms with Crippen molar-refractivity contribution in [3.8, 4) is 0 Å². The quantitative estimate of drug-likeness (QED) is 0.738. The molecule has 0 fully saturated rings. The second-order valence-electron chi connectivity index (χ2n) is 4.30. The summed E-state index contributed by atoms with van der Waals surface area (Å²) in [5, 5.41) is 18.3. The van der Waals surface area contributed by atoms with Gasteiger partial charge in [0.25, 0.3) is 0 Å². The molecule has 0 spiro atoms. The summed E-state index contributed by atoms with van der Waals surface area (Å²) >= 11 is 0. The molecule has 4 N–H and O–H groups in total. The smallest absolute Gasteiger partial charge is 0.333 e. The van der Waals surface area contributed by atoms with Crippen molar-refractivity contribution in [3.63, 3.8) is 0 Å². The number of carboxylic acids is 2. The Bertz CT molecular complexity index is 523. The molecule has 2 atom stereocenters. The summed E-state index contributed by atoms with van der Waals surface area (Å²) in [6, 6.07) is 8.87. The van der Waals surface area contributed by atoms with E-state index in [9.17, 15) is 14.7 Å². The van der Waals surface area contributed by atoms with Gasteiger partial charge in [-0.05, 0) is 12.0 Å². The van der Waals surface area contributed by atoms with Crippen molar-refractivity contribution >= 4 is 11.9 Å². The van der Waals surface area contributed by atoms with Crippen LogP contribution in [-0.4, -0.2) is 27.7 Å². The highest BCUT2D eigenvalue weighted by Gasteiger charge is 2.52. The van der Waals surface area contributed by atoms with Crippen LogP contribution >= 0.6 is 0 Å². The third-order valence-electron chi connectivity index (χ3n) is 3.34. The standard InChI is InChI=1S/C13H13NO4/c14-13(12(17)18)9(6-7-10(13)11(15)16)8-4-2-1-3-5-8/h1-5,7,9H,6,14H2,(H,15,16)(H,17,18)/t9-,13+/m1/s1. The Morgan fingerprint density at radius 2 is 1.83 bits per heavy atom. The zero-order chi connectivity index (χ0) is 13.3. The minimum Gasteiger partial charge on any atom is -0.480 e. The van der Waals surface area contributed by atoms with Crippen LogP contribution in [0.1, 0.15) is 17.9 Å². The highest BCUT2D eigenvalue weighted by molar-refractivity contribution is 6.01. The van der Waals surface area contributed by atoms with Crippen LogP contribution in [-0.2, 0) is 9.59 Å². The fourth-order valence-electron chi connectivity index (χ4n) is 2.39. The lowest BCUT2D eigenvalue weighted by molar-refractivity contribution is -0.145. The summed E-state index contributed by atoms with van der Waals surface area (Å²) in [7, 11) is 0. The van der Waals surface area contributed by atoms with Crippen LogP contribution in [0.3, 0.4) is 0 Å². The van der Waals surface area contributed by atoms with Gasteiger partial charge in [0.15, 0.2) is 5.54 Å². The van der Waals surface area contributed by atoms with Gasteiger partial charge in [0.2, 0.25) is 0 Å². The predicted molar refractivity (Wildman–Crippen MR) is 64.1 cm³/mol. The Hall–Kier alpha value is -2.14. The van der Waals surface area contributed by atoms with Crippen molar-refractivity contribution < 1.29 is 19.8 Å². The van der Waals surface area contributed by atoms with Crippen LogP contribution in [0.5, 0.6) is 0 Å². The van der Waals surface area contributed by atoms with Gasteiger partial charge in [0.1, 0.15) is 0 Å². The van der Waals surface area contributed by atoms with E-state index in [1.165, 1.54) is 6.08 Å². The van der Waals surface area contributed by atoms with E-state index in [-0.39, 0.29) is 5.57 Å². The molecule has 0 saturated heterocycles. The van der Waals surface area contributed by atoms with Gasteiger partial charge in [-0.25, -0.2) is 9.59 Å². The van der Waals surface area contributed by atoms with Crippen molar-refractivity contribution in [2.24, 2.45) is 5.73 Å². The fourth-order valence-corrected chi connectivity index (χ4v) is 2.39. The van der Waals surface area contributed by atoms with Gasteiger partial charge < -0.3 is 15.9 Å². The topological polar surface area (TPSA) is 101 Å². The number of rotatable bonds is 3. The molecule has 2 rings (SSSR count). The van der Waals surface area contributed by atoms with Crippen LogP contribution in [0, 0.1) is 0 Å². The molecular weight excluding hydrogens is 234 g/mol. The number of aliphatic carboxylic acids is 2. The number of benzene rings is 1. The van der Waals surface area contributed by atoms with E-state index < -0.39 is 23.4 Å². The third kappa shape index (κ3) is 1.69. The summed E-state index contributed by atoms with van der Waals surface area (Å²) in [4.78, 5) is 22.5. The average Bonchev–Trinajstić information content (AvgIpc) is 2.69. The molecule has 1 aromatic carbocycles. The first-order chi connectivity index (χ1) is 8.48. The van der Waals surface area contributed by atoms with Crippen LogP contribution in [0.15, 0.2) is 42.0 Å². The molecule has 1 aliphatic rings. The van der Waals surface area contributed by atoms with Crippen molar-refractivity contribution in [2.75, 3.05) is 0 Å². The lowest BCUT2D eigenvalue weighted by atomic mass is 9.79. The van der Waals surface area contributed by atoms with E-state index in [4.69, 9.17) is 10.8 Å². The molecule has 0 saturated carbocycles. The maximum absolute atomic E-state index is 11.4. The van der Waals surface area contributed by atoms with Gasteiger partial charge in [-0.2, -0.15) is 0 Å². The molecule has 5 heteroatoms. The second kappa shape index (κ2) is 4.27. The van der Waals surface area contributed by atoms with Crippen LogP contribution in [0.2, 0.25) is 0 Å². The number of hydrogen-bond donors (Lipinski definition) is 3. The van der Waals surface area contributed by atoms with Gasteiger partial charge >= 0.3 is 11.9 Å². The summed E-state index contributed by atoms with van der Waals surface area (Å²) in [5.41, 5.74) is 4.49. The number of nitrogens with two attached hydrogens (primary N) is 1. The van der Waals surface area contributed by atoms with E-state index in [0.29, 0.717) is 6.42 Å². The summed E-state index contributed by atoms with van der Waals surface area (Å²) in [6.07, 6.45) is 1.71. The van der Waals surface area contributed by atoms with Gasteiger partial charge in [-0.15, -0.1) is 0 Å². The minimum absolute atomic E-state index is 0.246. The highest BCUT2D eigenvalue weighted by atomic mass is 16.4. The largest absolute Gasteiger partial charge is 0.480 e. The number of allylic oxidation sites excluding steroid dienone is 1. The molecule has 5 nitrogen and oxygen atoms in total. The van der Waals surface area contributed by atoms with E-state index in [1.54, 1.807) is 24.3 Å². The van der Waals surface area contributed by atoms with E-state index >= 15 is 0 Å². The molecule has 0 aromatic heterocycles. The van der Waals surface area contributed by atoms with E-state index in [1.807, 2.05) is 6.07 Å². The molecule has 0 heterocycles. The van der Waals surface area contributed by atoms with Crippen molar-refractivity contribution in [2.45, 2.75) is 17.9 Å². The zero-order valence-corrected chi connectivity index (χ0v) is 9.54. The van der Waals surface area contributed by atoms with Crippen molar-refractivity contribution in [1.29, 1.82) is 0 Å². The highest BCUT2D eigenvalue weighted by Crippen LogP contribution is 2.41. The first-order valence-electron chi connectivity index (χ1n) is 5.49. The molecule has 0 bridgehead atoms. The van der Waals surface area contributed by atoms with Crippen LogP contribution < -0.4 is 5.73 Å². The Labute approximate surface area is 104 Å². The molecule has 0 radical (unpaired) electrons. The normalized spacial score (nSPS) is 26.7. The lowest BCUT2D eigenvalue weighted by Crippen LogP contribution is -2.53. The van der Waals surface area contributed by atoms with Crippen LogP contribution in [0.25, 0.3) is 0 Å². The Balaban J connectivity index is 2.47. The maximum Gasteiger partial charge on any atom is 0.333 e. The zero-order valence-electron chi connectivity index (χ0n) is 9.54. The maximum atomic E-state index is 11.4. The molecule has 1 aromatic rings. The number of hydrogen-bond acceptors (Lipinski definition) is 3. The summed E-state index contributed by atoms with van der Waals surface area (Å²) in [6.45, 7) is 0. The lowest BCUT2D eigenvalue weighted by Gasteiger charge is -2.29. The van der Waals surface area contributed by atoms with Crippen molar-refractivity contribution in [1.82, 2.24) is 0 Å². The summed E-state index contributed by atoms with van der Waals surface area (Å²) in [5.74, 6) is -3.15. The van der Waals surface area contributed by atoms with Gasteiger partial charge in [-0.1, -0.05) is 36.4 Å². The Kier molecular flexibility index (Phi) is 2.92. The van der Waals surface area contributed by atoms with Gasteiger partial charge in [0, 0.05) is 5.92 Å². The predicted octanol–water partition coefficient (Wildman–Crippen LogP) is 0.967. The first-order valence-corrected chi connectivity index (χ1v) is 5.49. The first kappa shape index (κ1) is 12.3. The van der Waals surface area contributed by atoms with Crippen molar-refractivity contribution in [3.05, 3.63) is 47.5 Å². The number of carbonyl (C=O) groups is 2. The monoisotopic (exact) mass is 247 g/mol. The molecule has 1 aliphatic carbocycles. The van der Waals surface area contributed by atoms with Gasteiger partial charge in [-0.3, -0.25) is 0 Å². The Morgan fingerprint density at radius 1 is 1.22 bits per heavy atom. The molecule has 0 amide bonds. The fraction of sp³-hybridized carbons (Fsp3) is 0.231.